The zero-order valence-electron chi connectivity index (χ0n) is 9.10. The van der Waals surface area contributed by atoms with Crippen LogP contribution in [0.3, 0.4) is 0 Å². The first kappa shape index (κ1) is 11.9. The molecule has 1 N–H and O–H groups in total. The van der Waals surface area contributed by atoms with Gasteiger partial charge >= 0.3 is 0 Å². The van der Waals surface area contributed by atoms with Gasteiger partial charge in [-0.25, -0.2) is 0 Å². The van der Waals surface area contributed by atoms with E-state index in [4.69, 9.17) is 14.2 Å². The van der Waals surface area contributed by atoms with Gasteiger partial charge < -0.3 is 19.3 Å². The smallest absolute Gasteiger partial charge is 0.186 e. The molecule has 0 aromatic rings. The van der Waals surface area contributed by atoms with Crippen LogP contribution >= 0.6 is 0 Å². The summed E-state index contributed by atoms with van der Waals surface area (Å²) in [6.07, 6.45) is -0.223. The Hall–Kier alpha value is -0.160. The molecule has 1 rings (SSSR count). The van der Waals surface area contributed by atoms with Crippen LogP contribution in [0.1, 0.15) is 27.2 Å². The van der Waals surface area contributed by atoms with E-state index in [1.165, 1.54) is 0 Å². The number of hydrogen-bond acceptors (Lipinski definition) is 4. The summed E-state index contributed by atoms with van der Waals surface area (Å²) in [6.45, 7) is 6.96. The lowest BCUT2D eigenvalue weighted by Crippen LogP contribution is -2.28. The van der Waals surface area contributed by atoms with Crippen LogP contribution in [0, 0.1) is 0 Å². The Morgan fingerprint density at radius 3 is 2.14 bits per heavy atom. The standard InChI is InChI=1S/C10H20O4/c1-4-7(11)8-9(14-8)10(12-5-2)13-6-3/h7-11H,4-6H2,1-3H3/t7-,8-,9-/m1/s1. The molecule has 1 heterocycles. The summed E-state index contributed by atoms with van der Waals surface area (Å²) in [6, 6.07) is 0. The highest BCUT2D eigenvalue weighted by atomic mass is 16.7. The van der Waals surface area contributed by atoms with Crippen molar-refractivity contribution >= 4 is 0 Å². The molecular formula is C10H20O4. The first-order valence-electron chi connectivity index (χ1n) is 5.31. The summed E-state index contributed by atoms with van der Waals surface area (Å²) in [4.78, 5) is 0. The van der Waals surface area contributed by atoms with E-state index in [0.29, 0.717) is 19.6 Å². The molecule has 14 heavy (non-hydrogen) atoms. The molecule has 0 aromatic carbocycles. The van der Waals surface area contributed by atoms with Crippen LogP contribution in [0.25, 0.3) is 0 Å². The van der Waals surface area contributed by atoms with E-state index >= 15 is 0 Å². The number of rotatable bonds is 7. The number of epoxide rings is 1. The molecule has 0 spiro atoms. The fraction of sp³-hybridized carbons (Fsp3) is 1.00. The molecular weight excluding hydrogens is 184 g/mol. The zero-order chi connectivity index (χ0) is 10.6. The van der Waals surface area contributed by atoms with E-state index in [0.717, 1.165) is 0 Å². The van der Waals surface area contributed by atoms with Crippen molar-refractivity contribution < 1.29 is 19.3 Å². The average Bonchev–Trinajstić information content (AvgIpc) is 2.96. The number of hydrogen-bond donors (Lipinski definition) is 1. The van der Waals surface area contributed by atoms with Crippen LogP contribution in [0.5, 0.6) is 0 Å². The summed E-state index contributed by atoms with van der Waals surface area (Å²) in [5.74, 6) is 0. The first-order valence-corrected chi connectivity index (χ1v) is 5.31. The van der Waals surface area contributed by atoms with Crippen LogP contribution < -0.4 is 0 Å². The second-order valence-electron chi connectivity index (χ2n) is 3.32. The van der Waals surface area contributed by atoms with Gasteiger partial charge in [0.15, 0.2) is 6.29 Å². The molecule has 0 aliphatic carbocycles. The summed E-state index contributed by atoms with van der Waals surface area (Å²) < 4.78 is 16.1. The SMILES string of the molecule is CCOC(OCC)[C@@H]1O[C@@H]1[C@H](O)CC. The van der Waals surface area contributed by atoms with E-state index in [1.807, 2.05) is 20.8 Å². The van der Waals surface area contributed by atoms with Gasteiger partial charge in [0.05, 0.1) is 6.10 Å². The van der Waals surface area contributed by atoms with Gasteiger partial charge in [-0.05, 0) is 20.3 Å². The van der Waals surface area contributed by atoms with E-state index in [9.17, 15) is 5.11 Å². The normalized spacial score (nSPS) is 28.1. The van der Waals surface area contributed by atoms with Crippen molar-refractivity contribution in [2.45, 2.75) is 51.8 Å². The maximum Gasteiger partial charge on any atom is 0.186 e. The molecule has 4 heteroatoms. The molecule has 0 aromatic heterocycles. The third kappa shape index (κ3) is 2.92. The van der Waals surface area contributed by atoms with Crippen molar-refractivity contribution in [1.29, 1.82) is 0 Å². The molecule has 1 aliphatic rings. The predicted molar refractivity (Wildman–Crippen MR) is 52.0 cm³/mol. The molecule has 84 valence electrons. The predicted octanol–water partition coefficient (Wildman–Crippen LogP) is 0.924. The third-order valence-electron chi connectivity index (χ3n) is 2.29. The number of aliphatic hydroxyl groups is 1. The van der Waals surface area contributed by atoms with Crippen molar-refractivity contribution in [2.75, 3.05) is 13.2 Å². The van der Waals surface area contributed by atoms with Crippen molar-refractivity contribution in [2.24, 2.45) is 0 Å². The van der Waals surface area contributed by atoms with Gasteiger partial charge in [-0.15, -0.1) is 0 Å². The first-order chi connectivity index (χ1) is 6.74. The maximum absolute atomic E-state index is 9.52. The van der Waals surface area contributed by atoms with Crippen molar-refractivity contribution in [3.63, 3.8) is 0 Å². The van der Waals surface area contributed by atoms with Crippen molar-refractivity contribution in [3.8, 4) is 0 Å². The van der Waals surface area contributed by atoms with Gasteiger partial charge in [-0.1, -0.05) is 6.92 Å². The number of aliphatic hydroxyl groups excluding tert-OH is 1. The zero-order valence-corrected chi connectivity index (χ0v) is 9.10. The fourth-order valence-electron chi connectivity index (χ4n) is 1.46. The summed E-state index contributed by atoms with van der Waals surface area (Å²) in [7, 11) is 0. The Kier molecular flexibility index (Phi) is 4.81. The Balaban J connectivity index is 2.32. The van der Waals surface area contributed by atoms with E-state index < -0.39 is 6.10 Å². The molecule has 1 fully saturated rings. The highest BCUT2D eigenvalue weighted by Gasteiger charge is 2.49. The van der Waals surface area contributed by atoms with Crippen LogP contribution in [-0.4, -0.2) is 42.9 Å². The Morgan fingerprint density at radius 2 is 1.71 bits per heavy atom. The van der Waals surface area contributed by atoms with E-state index in [-0.39, 0.29) is 18.5 Å². The Labute approximate surface area is 85.2 Å². The Bertz CT molecular complexity index is 156. The second kappa shape index (κ2) is 5.66. The molecule has 3 atom stereocenters. The lowest BCUT2D eigenvalue weighted by Gasteiger charge is -2.14. The summed E-state index contributed by atoms with van der Waals surface area (Å²) in [5, 5.41) is 9.52. The van der Waals surface area contributed by atoms with E-state index in [1.54, 1.807) is 0 Å². The topological polar surface area (TPSA) is 51.2 Å². The highest BCUT2D eigenvalue weighted by Crippen LogP contribution is 2.31. The van der Waals surface area contributed by atoms with Crippen LogP contribution in [0.4, 0.5) is 0 Å². The van der Waals surface area contributed by atoms with Crippen molar-refractivity contribution in [3.05, 3.63) is 0 Å². The highest BCUT2D eigenvalue weighted by molar-refractivity contribution is 4.92. The fourth-order valence-corrected chi connectivity index (χ4v) is 1.46. The monoisotopic (exact) mass is 204 g/mol. The number of ether oxygens (including phenoxy) is 3. The van der Waals surface area contributed by atoms with Gasteiger partial charge in [-0.2, -0.15) is 0 Å². The Morgan fingerprint density at radius 1 is 1.14 bits per heavy atom. The largest absolute Gasteiger partial charge is 0.390 e. The lowest BCUT2D eigenvalue weighted by atomic mass is 10.1. The second-order valence-corrected chi connectivity index (χ2v) is 3.32. The molecule has 0 radical (unpaired) electrons. The van der Waals surface area contributed by atoms with E-state index in [2.05, 4.69) is 0 Å². The molecule has 0 bridgehead atoms. The molecule has 0 amide bonds. The third-order valence-corrected chi connectivity index (χ3v) is 2.29. The molecule has 1 aliphatic heterocycles. The molecule has 0 unspecified atom stereocenters. The van der Waals surface area contributed by atoms with Crippen molar-refractivity contribution in [1.82, 2.24) is 0 Å². The minimum atomic E-state index is -0.400. The van der Waals surface area contributed by atoms with Crippen LogP contribution in [0.2, 0.25) is 0 Å². The molecule has 4 nitrogen and oxygen atoms in total. The lowest BCUT2D eigenvalue weighted by molar-refractivity contribution is -0.147. The van der Waals surface area contributed by atoms with Gasteiger partial charge in [0.2, 0.25) is 0 Å². The van der Waals surface area contributed by atoms with Gasteiger partial charge in [0.25, 0.3) is 0 Å². The minimum absolute atomic E-state index is 0.0927. The van der Waals surface area contributed by atoms with Gasteiger partial charge in [0, 0.05) is 13.2 Å². The van der Waals surface area contributed by atoms with Crippen LogP contribution in [-0.2, 0) is 14.2 Å². The molecule has 1 saturated heterocycles. The van der Waals surface area contributed by atoms with Gasteiger partial charge in [0.1, 0.15) is 12.2 Å². The average molecular weight is 204 g/mol. The van der Waals surface area contributed by atoms with Gasteiger partial charge in [-0.3, -0.25) is 0 Å². The quantitative estimate of drug-likeness (QED) is 0.495. The summed E-state index contributed by atoms with van der Waals surface area (Å²) in [5.41, 5.74) is 0. The van der Waals surface area contributed by atoms with Crippen LogP contribution in [0.15, 0.2) is 0 Å². The molecule has 0 saturated carbocycles. The summed E-state index contributed by atoms with van der Waals surface area (Å²) >= 11 is 0. The minimum Gasteiger partial charge on any atom is -0.390 e. The maximum atomic E-state index is 9.52.